The number of ether oxygens (including phenoxy) is 4. The van der Waals surface area contributed by atoms with Gasteiger partial charge in [-0.2, -0.15) is 0 Å². The maximum Gasteiger partial charge on any atom is 0.266 e. The summed E-state index contributed by atoms with van der Waals surface area (Å²) in [6, 6.07) is 10.7. The van der Waals surface area contributed by atoms with Crippen molar-refractivity contribution in [2.75, 3.05) is 39.8 Å². The molecule has 0 unspecified atom stereocenters. The molecular weight excluding hydrogens is 476 g/mol. The largest absolute Gasteiger partial charge is 0.493 e. The Balaban J connectivity index is 1.69. The molecule has 1 saturated heterocycles. The highest BCUT2D eigenvalue weighted by Crippen LogP contribution is 2.40. The second kappa shape index (κ2) is 11.8. The number of carbonyl (C=O) groups is 2. The fraction of sp³-hybridized carbons (Fsp3) is 0.292. The number of rotatable bonds is 10. The van der Waals surface area contributed by atoms with Crippen molar-refractivity contribution in [2.24, 2.45) is 0 Å². The molecule has 0 aromatic heterocycles. The van der Waals surface area contributed by atoms with Gasteiger partial charge in [0.2, 0.25) is 11.7 Å². The predicted molar refractivity (Wildman–Crippen MR) is 137 cm³/mol. The lowest BCUT2D eigenvalue weighted by atomic mass is 10.1. The van der Waals surface area contributed by atoms with Crippen LogP contribution in [-0.4, -0.2) is 55.5 Å². The summed E-state index contributed by atoms with van der Waals surface area (Å²) in [5.74, 6) is 1.52. The van der Waals surface area contributed by atoms with Crippen LogP contribution in [0.4, 0.5) is 5.69 Å². The molecule has 1 N–H and O–H groups in total. The lowest BCUT2D eigenvalue weighted by molar-refractivity contribution is -0.122. The predicted octanol–water partition coefficient (Wildman–Crippen LogP) is 4.34. The van der Waals surface area contributed by atoms with Crippen LogP contribution < -0.4 is 24.3 Å². The molecule has 3 rings (SSSR count). The summed E-state index contributed by atoms with van der Waals surface area (Å²) in [7, 11) is 4.58. The number of hydrogen-bond donors (Lipinski definition) is 1. The molecule has 34 heavy (non-hydrogen) atoms. The highest BCUT2D eigenvalue weighted by atomic mass is 32.2. The number of thiocarbonyl (C=S) groups is 1. The van der Waals surface area contributed by atoms with Gasteiger partial charge in [0.1, 0.15) is 10.1 Å². The van der Waals surface area contributed by atoms with E-state index in [1.165, 1.54) is 38.0 Å². The van der Waals surface area contributed by atoms with Crippen LogP contribution in [0.25, 0.3) is 6.08 Å². The summed E-state index contributed by atoms with van der Waals surface area (Å²) in [5.41, 5.74) is 1.28. The summed E-state index contributed by atoms with van der Waals surface area (Å²) >= 11 is 6.57. The average molecular weight is 503 g/mol. The molecule has 0 atom stereocenters. The Morgan fingerprint density at radius 2 is 1.76 bits per heavy atom. The minimum Gasteiger partial charge on any atom is -0.493 e. The average Bonchev–Trinajstić information content (AvgIpc) is 3.10. The van der Waals surface area contributed by atoms with Gasteiger partial charge in [-0.1, -0.05) is 36.1 Å². The minimum atomic E-state index is -0.258. The molecule has 1 heterocycles. The third-order valence-electron chi connectivity index (χ3n) is 4.88. The van der Waals surface area contributed by atoms with E-state index in [1.807, 2.05) is 19.1 Å². The summed E-state index contributed by atoms with van der Waals surface area (Å²) in [6.07, 6.45) is 1.80. The lowest BCUT2D eigenvalue weighted by Gasteiger charge is -2.15. The molecule has 1 aliphatic heterocycles. The summed E-state index contributed by atoms with van der Waals surface area (Å²) in [6.45, 7) is 2.53. The Bertz CT molecular complexity index is 1090. The number of anilines is 1. The van der Waals surface area contributed by atoms with Gasteiger partial charge in [-0.15, -0.1) is 0 Å². The van der Waals surface area contributed by atoms with Gasteiger partial charge in [0.25, 0.3) is 5.91 Å². The van der Waals surface area contributed by atoms with Crippen molar-refractivity contribution in [3.8, 4) is 23.0 Å². The van der Waals surface area contributed by atoms with Crippen LogP contribution in [-0.2, 0) is 9.59 Å². The number of benzene rings is 2. The van der Waals surface area contributed by atoms with Crippen LogP contribution in [0.1, 0.15) is 18.9 Å². The Hall–Kier alpha value is -3.24. The van der Waals surface area contributed by atoms with E-state index in [0.29, 0.717) is 50.1 Å². The molecule has 0 aliphatic carbocycles. The second-order valence-corrected chi connectivity index (χ2v) is 8.70. The highest BCUT2D eigenvalue weighted by Gasteiger charge is 2.32. The molecule has 1 aliphatic rings. The first-order valence-electron chi connectivity index (χ1n) is 10.5. The normalized spacial score (nSPS) is 14.4. The van der Waals surface area contributed by atoms with Crippen molar-refractivity contribution in [2.45, 2.75) is 13.3 Å². The van der Waals surface area contributed by atoms with Gasteiger partial charge >= 0.3 is 0 Å². The van der Waals surface area contributed by atoms with Gasteiger partial charge in [0, 0.05) is 13.0 Å². The van der Waals surface area contributed by atoms with Gasteiger partial charge in [-0.3, -0.25) is 14.5 Å². The van der Waals surface area contributed by atoms with E-state index in [1.54, 1.807) is 30.3 Å². The number of hydrogen-bond acceptors (Lipinski definition) is 8. The van der Waals surface area contributed by atoms with Crippen molar-refractivity contribution in [1.82, 2.24) is 4.90 Å². The molecule has 8 nitrogen and oxygen atoms in total. The van der Waals surface area contributed by atoms with Gasteiger partial charge in [0.15, 0.2) is 11.5 Å². The Kier molecular flexibility index (Phi) is 8.78. The van der Waals surface area contributed by atoms with Crippen molar-refractivity contribution >= 4 is 51.9 Å². The van der Waals surface area contributed by atoms with Gasteiger partial charge in [-0.05, 0) is 42.8 Å². The molecule has 2 aromatic carbocycles. The quantitative estimate of drug-likeness (QED) is 0.379. The molecule has 10 heteroatoms. The van der Waals surface area contributed by atoms with Crippen LogP contribution in [0.3, 0.4) is 0 Å². The van der Waals surface area contributed by atoms with E-state index in [9.17, 15) is 9.59 Å². The zero-order valence-electron chi connectivity index (χ0n) is 19.4. The number of methoxy groups -OCH3 is 3. The van der Waals surface area contributed by atoms with E-state index in [4.69, 9.17) is 31.2 Å². The van der Waals surface area contributed by atoms with Crippen molar-refractivity contribution in [1.29, 1.82) is 0 Å². The third kappa shape index (κ3) is 5.81. The summed E-state index contributed by atoms with van der Waals surface area (Å²) in [4.78, 5) is 27.4. The SMILES string of the molecule is CCOc1ccccc1NC(=O)CCN1C(=O)C(=Cc2cc(OC)c(OC)c(OC)c2)SC1=S. The van der Waals surface area contributed by atoms with Gasteiger partial charge in [0.05, 0.1) is 38.5 Å². The second-order valence-electron chi connectivity index (χ2n) is 7.02. The molecule has 180 valence electrons. The zero-order valence-corrected chi connectivity index (χ0v) is 21.0. The molecule has 2 aromatic rings. The number of nitrogens with zero attached hydrogens (tertiary/aromatic N) is 1. The summed E-state index contributed by atoms with van der Waals surface area (Å²) < 4.78 is 22.0. The first-order valence-corrected chi connectivity index (χ1v) is 11.7. The van der Waals surface area contributed by atoms with Crippen molar-refractivity contribution in [3.05, 3.63) is 46.9 Å². The van der Waals surface area contributed by atoms with Crippen molar-refractivity contribution < 1.29 is 28.5 Å². The Labute approximate surface area is 208 Å². The molecule has 0 saturated carbocycles. The van der Waals surface area contributed by atoms with E-state index >= 15 is 0 Å². The Morgan fingerprint density at radius 1 is 1.09 bits per heavy atom. The number of para-hydroxylation sites is 2. The third-order valence-corrected chi connectivity index (χ3v) is 6.26. The van der Waals surface area contributed by atoms with Crippen LogP contribution in [0.2, 0.25) is 0 Å². The molecular formula is C24H26N2O6S2. The first-order chi connectivity index (χ1) is 16.4. The molecule has 0 spiro atoms. The lowest BCUT2D eigenvalue weighted by Crippen LogP contribution is -2.31. The van der Waals surface area contributed by atoms with E-state index in [-0.39, 0.29) is 24.8 Å². The fourth-order valence-corrected chi connectivity index (χ4v) is 4.61. The summed E-state index contributed by atoms with van der Waals surface area (Å²) in [5, 5.41) is 2.83. The molecule has 0 radical (unpaired) electrons. The van der Waals surface area contributed by atoms with Crippen LogP contribution >= 0.6 is 24.0 Å². The smallest absolute Gasteiger partial charge is 0.266 e. The number of nitrogens with one attached hydrogen (secondary N) is 1. The Morgan fingerprint density at radius 3 is 2.38 bits per heavy atom. The molecule has 1 fully saturated rings. The monoisotopic (exact) mass is 502 g/mol. The number of carbonyl (C=O) groups excluding carboxylic acids is 2. The van der Waals surface area contributed by atoms with Crippen LogP contribution in [0, 0.1) is 0 Å². The topological polar surface area (TPSA) is 86.3 Å². The fourth-order valence-electron chi connectivity index (χ4n) is 3.31. The van der Waals surface area contributed by atoms with E-state index in [0.717, 1.165) is 0 Å². The van der Waals surface area contributed by atoms with Gasteiger partial charge < -0.3 is 24.3 Å². The van der Waals surface area contributed by atoms with Crippen LogP contribution in [0.15, 0.2) is 41.3 Å². The maximum absolute atomic E-state index is 13.0. The van der Waals surface area contributed by atoms with E-state index in [2.05, 4.69) is 5.32 Å². The van der Waals surface area contributed by atoms with Crippen LogP contribution in [0.5, 0.6) is 23.0 Å². The van der Waals surface area contributed by atoms with E-state index < -0.39 is 0 Å². The highest BCUT2D eigenvalue weighted by molar-refractivity contribution is 8.26. The first kappa shape index (κ1) is 25.4. The molecule has 2 amide bonds. The zero-order chi connectivity index (χ0) is 24.7. The number of amides is 2. The van der Waals surface area contributed by atoms with Gasteiger partial charge in [-0.25, -0.2) is 0 Å². The maximum atomic E-state index is 13.0. The standard InChI is InChI=1S/C24H26N2O6S2/c1-5-32-17-9-7-6-8-16(17)25-21(27)10-11-26-23(28)20(34-24(26)33)14-15-12-18(29-2)22(31-4)19(13-15)30-3/h6-9,12-14H,5,10-11H2,1-4H3,(H,25,27). The minimum absolute atomic E-state index is 0.0877. The molecule has 0 bridgehead atoms. The van der Waals surface area contributed by atoms with Crippen molar-refractivity contribution in [3.63, 3.8) is 0 Å². The number of thioether (sulfide) groups is 1.